The van der Waals surface area contributed by atoms with Gasteiger partial charge in [-0.1, -0.05) is 6.58 Å². The summed E-state index contributed by atoms with van der Waals surface area (Å²) in [6.07, 6.45) is 3.24. The average Bonchev–Trinajstić information content (AvgIpc) is 1.87. The van der Waals surface area contributed by atoms with Gasteiger partial charge in [-0.15, -0.1) is 0 Å². The molecule has 0 saturated heterocycles. The van der Waals surface area contributed by atoms with Gasteiger partial charge in [0, 0.05) is 4.91 Å². The van der Waals surface area contributed by atoms with Crippen molar-refractivity contribution in [3.8, 4) is 0 Å². The van der Waals surface area contributed by atoms with Gasteiger partial charge in [-0.05, 0) is 23.9 Å². The summed E-state index contributed by atoms with van der Waals surface area (Å²) in [6, 6.07) is 0. The highest BCUT2D eigenvalue weighted by atomic mass is 32.2. The number of allylic oxidation sites excluding steroid dienone is 1. The molecule has 1 aliphatic rings. The lowest BCUT2D eigenvalue weighted by Crippen LogP contribution is -1.71. The van der Waals surface area contributed by atoms with Crippen LogP contribution in [0.3, 0.4) is 0 Å². The Hall–Kier alpha value is -0.500. The van der Waals surface area contributed by atoms with Gasteiger partial charge < -0.3 is 0 Å². The largest absolute Gasteiger partial charge is 0.282 e. The Labute approximate surface area is 46.1 Å². The molecule has 0 aliphatic carbocycles. The second kappa shape index (κ2) is 1.54. The van der Waals surface area contributed by atoms with Crippen molar-refractivity contribution in [1.29, 1.82) is 0 Å². The molecule has 0 unspecified atom stereocenters. The van der Waals surface area contributed by atoms with E-state index in [-0.39, 0.29) is 5.12 Å². The van der Waals surface area contributed by atoms with E-state index in [1.807, 2.05) is 0 Å². The Bertz CT molecular complexity index is 130. The number of hydrogen-bond donors (Lipinski definition) is 0. The van der Waals surface area contributed by atoms with E-state index < -0.39 is 0 Å². The highest BCUT2D eigenvalue weighted by Crippen LogP contribution is 2.22. The maximum atomic E-state index is 10.3. The summed E-state index contributed by atoms with van der Waals surface area (Å²) in [7, 11) is 0. The molecule has 1 nitrogen and oxygen atoms in total. The summed E-state index contributed by atoms with van der Waals surface area (Å²) in [5, 5.41) is 0.0880. The zero-order valence-corrected chi connectivity index (χ0v) is 4.49. The summed E-state index contributed by atoms with van der Waals surface area (Å²) in [5.41, 5.74) is 0. The molecule has 36 valence electrons. The van der Waals surface area contributed by atoms with Crippen LogP contribution in [0.5, 0.6) is 0 Å². The Balaban J connectivity index is 2.76. The molecular formula is C5H4OS. The second-order valence-corrected chi connectivity index (χ2v) is 2.35. The Morgan fingerprint density at radius 3 is 2.43 bits per heavy atom. The third kappa shape index (κ3) is 0.933. The van der Waals surface area contributed by atoms with Crippen molar-refractivity contribution in [2.75, 3.05) is 0 Å². The van der Waals surface area contributed by atoms with E-state index >= 15 is 0 Å². The monoisotopic (exact) mass is 112 g/mol. The molecule has 0 bridgehead atoms. The maximum absolute atomic E-state index is 10.3. The SMILES string of the molecule is C=C1C=CC(=O)S1. The third-order valence-corrected chi connectivity index (χ3v) is 1.37. The van der Waals surface area contributed by atoms with Gasteiger partial charge in [0.25, 0.3) is 0 Å². The molecule has 0 fully saturated rings. The average molecular weight is 112 g/mol. The summed E-state index contributed by atoms with van der Waals surface area (Å²) >= 11 is 1.18. The number of thioether (sulfide) groups is 1. The van der Waals surface area contributed by atoms with E-state index in [0.717, 1.165) is 4.91 Å². The summed E-state index contributed by atoms with van der Waals surface area (Å²) in [6.45, 7) is 3.56. The highest BCUT2D eigenvalue weighted by molar-refractivity contribution is 8.17. The quantitative estimate of drug-likeness (QED) is 0.470. The molecule has 0 aromatic carbocycles. The summed E-state index contributed by atoms with van der Waals surface area (Å²) < 4.78 is 0. The van der Waals surface area contributed by atoms with Crippen LogP contribution in [0.25, 0.3) is 0 Å². The van der Waals surface area contributed by atoms with Gasteiger partial charge in [-0.2, -0.15) is 0 Å². The zero-order chi connectivity index (χ0) is 5.28. The summed E-state index contributed by atoms with van der Waals surface area (Å²) in [5.74, 6) is 0. The molecule has 2 heteroatoms. The zero-order valence-electron chi connectivity index (χ0n) is 3.68. The van der Waals surface area contributed by atoms with Crippen LogP contribution >= 0.6 is 11.8 Å². The van der Waals surface area contributed by atoms with Gasteiger partial charge in [-0.25, -0.2) is 0 Å². The Morgan fingerprint density at radius 2 is 2.29 bits per heavy atom. The molecule has 0 radical (unpaired) electrons. The molecule has 0 spiro atoms. The van der Waals surface area contributed by atoms with Crippen LogP contribution in [-0.2, 0) is 4.79 Å². The van der Waals surface area contributed by atoms with Crippen molar-refractivity contribution in [2.45, 2.75) is 0 Å². The minimum absolute atomic E-state index is 0.0880. The topological polar surface area (TPSA) is 17.1 Å². The van der Waals surface area contributed by atoms with Crippen molar-refractivity contribution in [1.82, 2.24) is 0 Å². The fourth-order valence-corrected chi connectivity index (χ4v) is 0.889. The maximum Gasteiger partial charge on any atom is 0.216 e. The highest BCUT2D eigenvalue weighted by Gasteiger charge is 2.04. The van der Waals surface area contributed by atoms with Crippen molar-refractivity contribution in [3.63, 3.8) is 0 Å². The van der Waals surface area contributed by atoms with Gasteiger partial charge in [0.1, 0.15) is 0 Å². The molecular weight excluding hydrogens is 108 g/mol. The lowest BCUT2D eigenvalue weighted by atomic mass is 10.5. The smallest absolute Gasteiger partial charge is 0.216 e. The van der Waals surface area contributed by atoms with E-state index in [1.54, 1.807) is 6.08 Å². The van der Waals surface area contributed by atoms with Crippen LogP contribution in [-0.4, -0.2) is 5.12 Å². The number of carbonyl (C=O) groups is 1. The molecule has 0 saturated carbocycles. The molecule has 1 heterocycles. The molecule has 7 heavy (non-hydrogen) atoms. The number of carbonyl (C=O) groups excluding carboxylic acids is 1. The fraction of sp³-hybridized carbons (Fsp3) is 0. The van der Waals surface area contributed by atoms with E-state index in [0.29, 0.717) is 0 Å². The van der Waals surface area contributed by atoms with Crippen LogP contribution in [0.2, 0.25) is 0 Å². The van der Waals surface area contributed by atoms with Crippen molar-refractivity contribution in [3.05, 3.63) is 23.6 Å². The predicted molar refractivity (Wildman–Crippen MR) is 30.9 cm³/mol. The first kappa shape index (κ1) is 4.65. The second-order valence-electron chi connectivity index (χ2n) is 1.22. The molecule has 0 atom stereocenters. The van der Waals surface area contributed by atoms with Crippen LogP contribution < -0.4 is 0 Å². The molecule has 0 N–H and O–H groups in total. The normalized spacial score (nSPS) is 18.9. The van der Waals surface area contributed by atoms with Crippen LogP contribution in [0.4, 0.5) is 0 Å². The third-order valence-electron chi connectivity index (χ3n) is 0.637. The van der Waals surface area contributed by atoms with Crippen molar-refractivity contribution < 1.29 is 4.79 Å². The molecule has 0 amide bonds. The Kier molecular flexibility index (Phi) is 1.02. The van der Waals surface area contributed by atoms with E-state index in [1.165, 1.54) is 17.8 Å². The number of rotatable bonds is 0. The van der Waals surface area contributed by atoms with Crippen LogP contribution in [0.1, 0.15) is 0 Å². The lowest BCUT2D eigenvalue weighted by Gasteiger charge is -1.78. The lowest BCUT2D eigenvalue weighted by molar-refractivity contribution is -0.106. The van der Waals surface area contributed by atoms with Gasteiger partial charge in [0.05, 0.1) is 0 Å². The standard InChI is InChI=1S/C5H4OS/c1-4-2-3-5(6)7-4/h2-3H,1H2. The molecule has 1 rings (SSSR count). The molecule has 0 aromatic heterocycles. The van der Waals surface area contributed by atoms with Gasteiger partial charge in [0.2, 0.25) is 5.12 Å². The molecule has 1 aliphatic heterocycles. The van der Waals surface area contributed by atoms with Crippen molar-refractivity contribution >= 4 is 16.9 Å². The molecule has 0 aromatic rings. The first-order chi connectivity index (χ1) is 3.29. The van der Waals surface area contributed by atoms with E-state index in [4.69, 9.17) is 0 Å². The van der Waals surface area contributed by atoms with Crippen LogP contribution in [0, 0.1) is 0 Å². The van der Waals surface area contributed by atoms with E-state index in [2.05, 4.69) is 6.58 Å². The minimum atomic E-state index is 0.0880. The first-order valence-corrected chi connectivity index (χ1v) is 2.69. The van der Waals surface area contributed by atoms with Crippen molar-refractivity contribution in [2.24, 2.45) is 0 Å². The van der Waals surface area contributed by atoms with E-state index in [9.17, 15) is 4.79 Å². The number of hydrogen-bond acceptors (Lipinski definition) is 2. The minimum Gasteiger partial charge on any atom is -0.282 e. The first-order valence-electron chi connectivity index (χ1n) is 1.88. The summed E-state index contributed by atoms with van der Waals surface area (Å²) in [4.78, 5) is 11.1. The van der Waals surface area contributed by atoms with Gasteiger partial charge in [0.15, 0.2) is 0 Å². The predicted octanol–water partition coefficient (Wildman–Crippen LogP) is 1.33. The fourth-order valence-electron chi connectivity index (χ4n) is 0.358. The van der Waals surface area contributed by atoms with Gasteiger partial charge >= 0.3 is 0 Å². The van der Waals surface area contributed by atoms with Crippen LogP contribution in [0.15, 0.2) is 23.6 Å². The van der Waals surface area contributed by atoms with Gasteiger partial charge in [-0.3, -0.25) is 4.79 Å². The Morgan fingerprint density at radius 1 is 1.57 bits per heavy atom.